The lowest BCUT2D eigenvalue weighted by Crippen LogP contribution is -2.36. The summed E-state index contributed by atoms with van der Waals surface area (Å²) in [5.41, 5.74) is 0.610. The third-order valence-electron chi connectivity index (χ3n) is 4.14. The molecule has 0 spiro atoms. The van der Waals surface area contributed by atoms with Crippen LogP contribution in [0.3, 0.4) is 0 Å². The van der Waals surface area contributed by atoms with Gasteiger partial charge < -0.3 is 18.8 Å². The molecule has 0 bridgehead atoms. The van der Waals surface area contributed by atoms with Crippen molar-refractivity contribution in [3.63, 3.8) is 0 Å². The van der Waals surface area contributed by atoms with Crippen molar-refractivity contribution in [1.82, 2.24) is 9.97 Å². The quantitative estimate of drug-likeness (QED) is 0.694. The van der Waals surface area contributed by atoms with Gasteiger partial charge in [0, 0.05) is 18.8 Å². The van der Waals surface area contributed by atoms with Crippen LogP contribution in [0.4, 0.5) is 19.2 Å². The summed E-state index contributed by atoms with van der Waals surface area (Å²) in [5, 5.41) is 0. The van der Waals surface area contributed by atoms with E-state index >= 15 is 0 Å². The Labute approximate surface area is 152 Å². The van der Waals surface area contributed by atoms with Gasteiger partial charge in [-0.2, -0.15) is 18.2 Å². The molecule has 0 amide bonds. The normalized spacial score (nSPS) is 18.5. The molecular weight excluding hydrogens is 363 g/mol. The number of oxazole rings is 1. The zero-order valence-corrected chi connectivity index (χ0v) is 14.1. The molecule has 0 radical (unpaired) electrons. The molecule has 1 fully saturated rings. The lowest BCUT2D eigenvalue weighted by molar-refractivity contribution is -0.137. The molecule has 0 aliphatic carbocycles. The number of alkyl halides is 3. The fraction of sp³-hybridized carbons (Fsp3) is 0.333. The van der Waals surface area contributed by atoms with E-state index in [0.717, 1.165) is 17.8 Å². The first-order chi connectivity index (χ1) is 13.0. The number of para-hydroxylation sites is 2. The molecular formula is C18H16F3N3O3. The highest BCUT2D eigenvalue weighted by atomic mass is 19.4. The molecule has 4 rings (SSSR count). The first kappa shape index (κ1) is 17.6. The van der Waals surface area contributed by atoms with E-state index in [4.69, 9.17) is 13.9 Å². The molecule has 1 aromatic carbocycles. The zero-order valence-electron chi connectivity index (χ0n) is 14.1. The predicted molar refractivity (Wildman–Crippen MR) is 90.7 cm³/mol. The molecule has 9 heteroatoms. The SMILES string of the molecule is FC(F)(F)c1ccc(O[C@H]2COCCN(c3nc4ccccc4o3)C2)nc1. The zero-order chi connectivity index (χ0) is 18.9. The Kier molecular flexibility index (Phi) is 4.61. The Hall–Kier alpha value is -2.81. The van der Waals surface area contributed by atoms with Crippen LogP contribution in [0, 0.1) is 0 Å². The van der Waals surface area contributed by atoms with E-state index in [2.05, 4.69) is 9.97 Å². The van der Waals surface area contributed by atoms with Crippen LogP contribution < -0.4 is 9.64 Å². The average molecular weight is 379 g/mol. The third kappa shape index (κ3) is 3.97. The van der Waals surface area contributed by atoms with E-state index in [1.807, 2.05) is 29.2 Å². The molecule has 1 aliphatic heterocycles. The molecule has 1 atom stereocenters. The summed E-state index contributed by atoms with van der Waals surface area (Å²) in [4.78, 5) is 10.1. The summed E-state index contributed by atoms with van der Waals surface area (Å²) >= 11 is 0. The van der Waals surface area contributed by atoms with E-state index in [-0.39, 0.29) is 5.88 Å². The molecule has 2 aromatic heterocycles. The fourth-order valence-electron chi connectivity index (χ4n) is 2.81. The molecule has 0 N–H and O–H groups in total. The Bertz CT molecular complexity index is 878. The van der Waals surface area contributed by atoms with E-state index in [0.29, 0.717) is 37.9 Å². The Morgan fingerprint density at radius 1 is 1.15 bits per heavy atom. The van der Waals surface area contributed by atoms with Crippen molar-refractivity contribution >= 4 is 17.1 Å². The van der Waals surface area contributed by atoms with Crippen molar-refractivity contribution in [2.24, 2.45) is 0 Å². The minimum atomic E-state index is -4.43. The fourth-order valence-corrected chi connectivity index (χ4v) is 2.81. The number of hydrogen-bond acceptors (Lipinski definition) is 6. The lowest BCUT2D eigenvalue weighted by Gasteiger charge is -2.22. The van der Waals surface area contributed by atoms with Crippen LogP contribution in [0.25, 0.3) is 11.1 Å². The standard InChI is InChI=1S/C18H16F3N3O3/c19-18(20,21)12-5-6-16(22-9-12)26-13-10-24(7-8-25-11-13)17-23-14-3-1-2-4-15(14)27-17/h1-6,9,13H,7-8,10-11H2/t13-/m1/s1. The van der Waals surface area contributed by atoms with E-state index in [1.165, 1.54) is 6.07 Å². The van der Waals surface area contributed by atoms with E-state index in [9.17, 15) is 13.2 Å². The van der Waals surface area contributed by atoms with Crippen molar-refractivity contribution in [2.75, 3.05) is 31.2 Å². The number of anilines is 1. The summed E-state index contributed by atoms with van der Waals surface area (Å²) in [6, 6.07) is 10.0. The highest BCUT2D eigenvalue weighted by molar-refractivity contribution is 5.74. The number of nitrogens with zero attached hydrogens (tertiary/aromatic N) is 3. The van der Waals surface area contributed by atoms with Gasteiger partial charge in [0.2, 0.25) is 5.88 Å². The Balaban J connectivity index is 1.48. The maximum absolute atomic E-state index is 12.6. The van der Waals surface area contributed by atoms with Crippen LogP contribution >= 0.6 is 0 Å². The molecule has 6 nitrogen and oxygen atoms in total. The van der Waals surface area contributed by atoms with Gasteiger partial charge >= 0.3 is 6.18 Å². The number of halogens is 3. The molecule has 1 saturated heterocycles. The molecule has 0 unspecified atom stereocenters. The minimum absolute atomic E-state index is 0.107. The van der Waals surface area contributed by atoms with E-state index in [1.54, 1.807) is 0 Å². The van der Waals surface area contributed by atoms with Gasteiger partial charge in [-0.3, -0.25) is 0 Å². The number of rotatable bonds is 3. The maximum atomic E-state index is 12.6. The van der Waals surface area contributed by atoms with Crippen LogP contribution in [0.5, 0.6) is 5.88 Å². The second-order valence-electron chi connectivity index (χ2n) is 6.11. The molecule has 142 valence electrons. The summed E-state index contributed by atoms with van der Waals surface area (Å²) in [6.07, 6.45) is -4.10. The van der Waals surface area contributed by atoms with Gasteiger partial charge in [0.25, 0.3) is 6.01 Å². The first-order valence-corrected chi connectivity index (χ1v) is 8.37. The van der Waals surface area contributed by atoms with Gasteiger partial charge in [0.15, 0.2) is 5.58 Å². The van der Waals surface area contributed by atoms with Crippen LogP contribution in [0.15, 0.2) is 47.0 Å². The number of ether oxygens (including phenoxy) is 2. The van der Waals surface area contributed by atoms with Crippen molar-refractivity contribution < 1.29 is 27.1 Å². The molecule has 0 saturated carbocycles. The molecule has 27 heavy (non-hydrogen) atoms. The van der Waals surface area contributed by atoms with Crippen molar-refractivity contribution in [3.05, 3.63) is 48.2 Å². The second kappa shape index (κ2) is 7.07. The molecule has 3 aromatic rings. The second-order valence-corrected chi connectivity index (χ2v) is 6.11. The van der Waals surface area contributed by atoms with Gasteiger partial charge in [0.1, 0.15) is 11.6 Å². The van der Waals surface area contributed by atoms with Gasteiger partial charge in [-0.25, -0.2) is 4.98 Å². The number of pyridine rings is 1. The first-order valence-electron chi connectivity index (χ1n) is 8.37. The lowest BCUT2D eigenvalue weighted by atomic mass is 10.3. The monoisotopic (exact) mass is 379 g/mol. The summed E-state index contributed by atoms with van der Waals surface area (Å²) < 4.78 is 54.9. The minimum Gasteiger partial charge on any atom is -0.470 e. The van der Waals surface area contributed by atoms with Crippen LogP contribution in [-0.4, -0.2) is 42.4 Å². The van der Waals surface area contributed by atoms with Crippen molar-refractivity contribution in [3.8, 4) is 5.88 Å². The van der Waals surface area contributed by atoms with Gasteiger partial charge in [-0.1, -0.05) is 12.1 Å². The van der Waals surface area contributed by atoms with E-state index < -0.39 is 17.8 Å². The summed E-state index contributed by atoms with van der Waals surface area (Å²) in [6.45, 7) is 1.72. The topological polar surface area (TPSA) is 60.6 Å². The summed E-state index contributed by atoms with van der Waals surface area (Å²) in [5.74, 6) is 0.107. The molecule has 1 aliphatic rings. The third-order valence-corrected chi connectivity index (χ3v) is 4.14. The number of fused-ring (bicyclic) bond motifs is 1. The number of benzene rings is 1. The smallest absolute Gasteiger partial charge is 0.417 e. The van der Waals surface area contributed by atoms with Gasteiger partial charge in [-0.05, 0) is 18.2 Å². The van der Waals surface area contributed by atoms with Gasteiger partial charge in [0.05, 0.1) is 25.3 Å². The van der Waals surface area contributed by atoms with Crippen LogP contribution in [-0.2, 0) is 10.9 Å². The van der Waals surface area contributed by atoms with Crippen molar-refractivity contribution in [2.45, 2.75) is 12.3 Å². The highest BCUT2D eigenvalue weighted by Gasteiger charge is 2.31. The predicted octanol–water partition coefficient (Wildman–Crippen LogP) is 3.53. The van der Waals surface area contributed by atoms with Crippen molar-refractivity contribution in [1.29, 1.82) is 0 Å². The number of aromatic nitrogens is 2. The average Bonchev–Trinajstić information content (AvgIpc) is 2.94. The maximum Gasteiger partial charge on any atom is 0.417 e. The van der Waals surface area contributed by atoms with Crippen LogP contribution in [0.1, 0.15) is 5.56 Å². The van der Waals surface area contributed by atoms with Gasteiger partial charge in [-0.15, -0.1) is 0 Å². The number of hydrogen-bond donors (Lipinski definition) is 0. The van der Waals surface area contributed by atoms with Crippen LogP contribution in [0.2, 0.25) is 0 Å². The molecule has 3 heterocycles. The highest BCUT2D eigenvalue weighted by Crippen LogP contribution is 2.29. The summed E-state index contributed by atoms with van der Waals surface area (Å²) in [7, 11) is 0. The Morgan fingerprint density at radius 2 is 2.00 bits per heavy atom. The largest absolute Gasteiger partial charge is 0.470 e. The Morgan fingerprint density at radius 3 is 2.74 bits per heavy atom.